The van der Waals surface area contributed by atoms with E-state index < -0.39 is 6.10 Å². The van der Waals surface area contributed by atoms with Crippen molar-refractivity contribution in [3.05, 3.63) is 12.7 Å². The largest absolute Gasteiger partial charge is 0.388 e. The lowest BCUT2D eigenvalue weighted by Gasteiger charge is -2.09. The minimum Gasteiger partial charge on any atom is -0.388 e. The molecule has 0 bridgehead atoms. The van der Waals surface area contributed by atoms with Gasteiger partial charge < -0.3 is 19.3 Å². The van der Waals surface area contributed by atoms with Crippen molar-refractivity contribution in [2.24, 2.45) is 0 Å². The summed E-state index contributed by atoms with van der Waals surface area (Å²) in [6.45, 7) is 5.90. The molecule has 0 spiro atoms. The van der Waals surface area contributed by atoms with Crippen molar-refractivity contribution in [2.75, 3.05) is 33.0 Å². The van der Waals surface area contributed by atoms with Gasteiger partial charge in [-0.3, -0.25) is 0 Å². The average Bonchev–Trinajstić information content (AvgIpc) is 2.89. The van der Waals surface area contributed by atoms with Gasteiger partial charge in [0.2, 0.25) is 0 Å². The summed E-state index contributed by atoms with van der Waals surface area (Å²) in [5.41, 5.74) is 0. The number of aliphatic hydroxyl groups is 1. The summed E-state index contributed by atoms with van der Waals surface area (Å²) < 4.78 is 15.1. The molecule has 0 aromatic carbocycles. The highest BCUT2D eigenvalue weighted by Gasteiger charge is 2.22. The molecule has 0 saturated carbocycles. The molecule has 2 atom stereocenters. The molecule has 1 aliphatic heterocycles. The van der Waals surface area contributed by atoms with Gasteiger partial charge in [-0.1, -0.05) is 6.08 Å². The Kier molecular flexibility index (Phi) is 5.00. The molecule has 1 N–H and O–H groups in total. The lowest BCUT2D eigenvalue weighted by molar-refractivity contribution is -0.0159. The fourth-order valence-electron chi connectivity index (χ4n) is 0.835. The number of aliphatic hydroxyl groups excluding tert-OH is 1. The highest BCUT2D eigenvalue weighted by atomic mass is 16.6. The van der Waals surface area contributed by atoms with Crippen LogP contribution in [-0.2, 0) is 14.2 Å². The third kappa shape index (κ3) is 5.76. The van der Waals surface area contributed by atoms with Crippen LogP contribution in [-0.4, -0.2) is 50.3 Å². The lowest BCUT2D eigenvalue weighted by atomic mass is 10.4. The van der Waals surface area contributed by atoms with E-state index in [1.54, 1.807) is 6.08 Å². The van der Waals surface area contributed by atoms with Crippen molar-refractivity contribution in [1.29, 1.82) is 0 Å². The Morgan fingerprint density at radius 1 is 1.54 bits per heavy atom. The number of hydrogen-bond acceptors (Lipinski definition) is 4. The van der Waals surface area contributed by atoms with Gasteiger partial charge in [-0.05, 0) is 0 Å². The average molecular weight is 188 g/mol. The molecule has 0 radical (unpaired) electrons. The first-order valence-electron chi connectivity index (χ1n) is 4.39. The van der Waals surface area contributed by atoms with Gasteiger partial charge in [-0.25, -0.2) is 0 Å². The molecule has 4 heteroatoms. The van der Waals surface area contributed by atoms with Gasteiger partial charge in [-0.15, -0.1) is 6.58 Å². The van der Waals surface area contributed by atoms with E-state index in [9.17, 15) is 5.11 Å². The summed E-state index contributed by atoms with van der Waals surface area (Å²) in [6, 6.07) is 0. The molecule has 0 aliphatic carbocycles. The zero-order valence-electron chi connectivity index (χ0n) is 7.65. The van der Waals surface area contributed by atoms with E-state index >= 15 is 0 Å². The van der Waals surface area contributed by atoms with Crippen LogP contribution in [0.1, 0.15) is 0 Å². The summed E-state index contributed by atoms with van der Waals surface area (Å²) in [7, 11) is 0. The van der Waals surface area contributed by atoms with Crippen molar-refractivity contribution in [1.82, 2.24) is 0 Å². The van der Waals surface area contributed by atoms with E-state index in [1.165, 1.54) is 0 Å². The second-order valence-electron chi connectivity index (χ2n) is 2.97. The third-order valence-corrected chi connectivity index (χ3v) is 1.56. The minimum atomic E-state index is -0.557. The lowest BCUT2D eigenvalue weighted by Crippen LogP contribution is -2.22. The first-order valence-corrected chi connectivity index (χ1v) is 4.39. The SMILES string of the molecule is C=CCOCC(O)COCC1CO1. The van der Waals surface area contributed by atoms with Crippen molar-refractivity contribution >= 4 is 0 Å². The van der Waals surface area contributed by atoms with Crippen LogP contribution in [0.5, 0.6) is 0 Å². The van der Waals surface area contributed by atoms with Crippen LogP contribution in [0.3, 0.4) is 0 Å². The predicted octanol–water partition coefficient (Wildman–Crippen LogP) is -0.0347. The fourth-order valence-corrected chi connectivity index (χ4v) is 0.835. The molecule has 0 aromatic rings. The maximum absolute atomic E-state index is 9.28. The van der Waals surface area contributed by atoms with Gasteiger partial charge >= 0.3 is 0 Å². The minimum absolute atomic E-state index is 0.251. The van der Waals surface area contributed by atoms with Crippen LogP contribution in [0.25, 0.3) is 0 Å². The van der Waals surface area contributed by atoms with E-state index in [1.807, 2.05) is 0 Å². The zero-order chi connectivity index (χ0) is 9.52. The molecule has 1 rings (SSSR count). The van der Waals surface area contributed by atoms with E-state index in [4.69, 9.17) is 14.2 Å². The molecule has 13 heavy (non-hydrogen) atoms. The molecule has 2 unspecified atom stereocenters. The molecule has 76 valence electrons. The van der Waals surface area contributed by atoms with Gasteiger partial charge in [-0.2, -0.15) is 0 Å². The topological polar surface area (TPSA) is 51.2 Å². The fraction of sp³-hybridized carbons (Fsp3) is 0.778. The van der Waals surface area contributed by atoms with Crippen molar-refractivity contribution in [2.45, 2.75) is 12.2 Å². The molecule has 1 heterocycles. The summed E-state index contributed by atoms with van der Waals surface area (Å²) in [6.07, 6.45) is 1.34. The Morgan fingerprint density at radius 3 is 2.85 bits per heavy atom. The Balaban J connectivity index is 1.84. The second kappa shape index (κ2) is 6.10. The van der Waals surface area contributed by atoms with Crippen molar-refractivity contribution in [3.8, 4) is 0 Å². The molecule has 1 aliphatic rings. The van der Waals surface area contributed by atoms with E-state index in [0.717, 1.165) is 6.61 Å². The molecular weight excluding hydrogens is 172 g/mol. The summed E-state index contributed by atoms with van der Waals surface area (Å²) in [5.74, 6) is 0. The van der Waals surface area contributed by atoms with Crippen molar-refractivity contribution < 1.29 is 19.3 Å². The smallest absolute Gasteiger partial charge is 0.104 e. The van der Waals surface area contributed by atoms with Crippen LogP contribution >= 0.6 is 0 Å². The van der Waals surface area contributed by atoms with Crippen LogP contribution in [0.2, 0.25) is 0 Å². The maximum Gasteiger partial charge on any atom is 0.104 e. The molecular formula is C9H16O4. The Bertz CT molecular complexity index is 145. The van der Waals surface area contributed by atoms with E-state index in [-0.39, 0.29) is 12.7 Å². The Morgan fingerprint density at radius 2 is 2.23 bits per heavy atom. The second-order valence-corrected chi connectivity index (χ2v) is 2.97. The first-order chi connectivity index (χ1) is 6.33. The van der Waals surface area contributed by atoms with Crippen LogP contribution in [0, 0.1) is 0 Å². The number of epoxide rings is 1. The quantitative estimate of drug-likeness (QED) is 0.330. The molecule has 0 aromatic heterocycles. The van der Waals surface area contributed by atoms with Gasteiger partial charge in [0.05, 0.1) is 33.0 Å². The van der Waals surface area contributed by atoms with Gasteiger partial charge in [0.15, 0.2) is 0 Å². The third-order valence-electron chi connectivity index (χ3n) is 1.56. The van der Waals surface area contributed by atoms with Gasteiger partial charge in [0, 0.05) is 0 Å². The van der Waals surface area contributed by atoms with E-state index in [0.29, 0.717) is 19.8 Å². The monoisotopic (exact) mass is 188 g/mol. The molecule has 1 fully saturated rings. The van der Waals surface area contributed by atoms with Crippen molar-refractivity contribution in [3.63, 3.8) is 0 Å². The van der Waals surface area contributed by atoms with Gasteiger partial charge in [0.1, 0.15) is 12.2 Å². The normalized spacial score (nSPS) is 22.7. The van der Waals surface area contributed by atoms with E-state index in [2.05, 4.69) is 6.58 Å². The maximum atomic E-state index is 9.28. The van der Waals surface area contributed by atoms with Crippen LogP contribution in [0.4, 0.5) is 0 Å². The Hall–Kier alpha value is -0.420. The van der Waals surface area contributed by atoms with Crippen LogP contribution < -0.4 is 0 Å². The first kappa shape index (κ1) is 10.7. The molecule has 0 amide bonds. The standard InChI is InChI=1S/C9H16O4/c1-2-3-11-4-8(10)5-12-6-9-7-13-9/h2,8-10H,1,3-7H2. The summed E-state index contributed by atoms with van der Waals surface area (Å²) in [4.78, 5) is 0. The summed E-state index contributed by atoms with van der Waals surface area (Å²) >= 11 is 0. The number of hydrogen-bond donors (Lipinski definition) is 1. The predicted molar refractivity (Wildman–Crippen MR) is 47.6 cm³/mol. The van der Waals surface area contributed by atoms with Crippen LogP contribution in [0.15, 0.2) is 12.7 Å². The molecule has 1 saturated heterocycles. The number of ether oxygens (including phenoxy) is 3. The highest BCUT2D eigenvalue weighted by Crippen LogP contribution is 2.08. The zero-order valence-corrected chi connectivity index (χ0v) is 7.65. The highest BCUT2D eigenvalue weighted by molar-refractivity contribution is 4.68. The molecule has 4 nitrogen and oxygen atoms in total. The Labute approximate surface area is 78.1 Å². The summed E-state index contributed by atoms with van der Waals surface area (Å²) in [5, 5.41) is 9.28. The number of rotatable bonds is 8. The van der Waals surface area contributed by atoms with Gasteiger partial charge in [0.25, 0.3) is 0 Å².